The summed E-state index contributed by atoms with van der Waals surface area (Å²) in [6.45, 7) is 6.08. The van der Waals surface area contributed by atoms with Gasteiger partial charge in [0.1, 0.15) is 12.0 Å². The summed E-state index contributed by atoms with van der Waals surface area (Å²) >= 11 is 1.68. The Morgan fingerprint density at radius 3 is 2.54 bits per heavy atom. The molecule has 2 aromatic heterocycles. The van der Waals surface area contributed by atoms with E-state index in [9.17, 15) is 0 Å². The van der Waals surface area contributed by atoms with Crippen molar-refractivity contribution in [3.63, 3.8) is 0 Å². The molecule has 1 aliphatic heterocycles. The highest BCUT2D eigenvalue weighted by molar-refractivity contribution is 7.09. The average molecular weight is 369 g/mol. The molecule has 5 nitrogen and oxygen atoms in total. The number of piperazine rings is 1. The van der Waals surface area contributed by atoms with Gasteiger partial charge in [0, 0.05) is 43.7 Å². The van der Waals surface area contributed by atoms with Crippen molar-refractivity contribution < 1.29 is 4.39 Å². The van der Waals surface area contributed by atoms with Crippen molar-refractivity contribution in [2.24, 2.45) is 0 Å². The van der Waals surface area contributed by atoms with Crippen LogP contribution in [0.15, 0.2) is 42.0 Å². The van der Waals surface area contributed by atoms with Crippen LogP contribution in [0.25, 0.3) is 11.3 Å². The van der Waals surface area contributed by atoms with Gasteiger partial charge in [-0.1, -0.05) is 30.3 Å². The molecule has 0 saturated carbocycles. The SMILES string of the molecule is Cc1nc(CN2CCN(c3ncnc(-c4ccccc4)c3F)CC2)cs1. The molecule has 3 heterocycles. The summed E-state index contributed by atoms with van der Waals surface area (Å²) in [5.74, 6) is 0.0466. The molecule has 3 aromatic rings. The summed E-state index contributed by atoms with van der Waals surface area (Å²) < 4.78 is 15.0. The molecule has 0 aliphatic carbocycles. The molecule has 0 spiro atoms. The molecule has 0 radical (unpaired) electrons. The monoisotopic (exact) mass is 369 g/mol. The Hall–Kier alpha value is -2.38. The molecule has 26 heavy (non-hydrogen) atoms. The fourth-order valence-corrected chi connectivity index (χ4v) is 3.81. The second kappa shape index (κ2) is 7.47. The Labute approximate surface area is 156 Å². The summed E-state index contributed by atoms with van der Waals surface area (Å²) in [5.41, 5.74) is 2.24. The molecule has 0 N–H and O–H groups in total. The zero-order valence-corrected chi connectivity index (χ0v) is 15.4. The number of anilines is 1. The van der Waals surface area contributed by atoms with E-state index in [1.54, 1.807) is 11.3 Å². The zero-order valence-electron chi connectivity index (χ0n) is 14.6. The van der Waals surface area contributed by atoms with Gasteiger partial charge in [-0.25, -0.2) is 19.3 Å². The Bertz CT molecular complexity index is 875. The lowest BCUT2D eigenvalue weighted by atomic mass is 10.1. The van der Waals surface area contributed by atoms with Gasteiger partial charge >= 0.3 is 0 Å². The van der Waals surface area contributed by atoms with Gasteiger partial charge < -0.3 is 4.90 Å². The Morgan fingerprint density at radius 1 is 1.08 bits per heavy atom. The molecule has 0 amide bonds. The van der Waals surface area contributed by atoms with Crippen molar-refractivity contribution in [3.8, 4) is 11.3 Å². The molecular weight excluding hydrogens is 349 g/mol. The number of aromatic nitrogens is 3. The smallest absolute Gasteiger partial charge is 0.191 e. The first kappa shape index (κ1) is 17.1. The second-order valence-corrected chi connectivity index (χ2v) is 7.41. The summed E-state index contributed by atoms with van der Waals surface area (Å²) in [6.07, 6.45) is 1.45. The highest BCUT2D eigenvalue weighted by Gasteiger charge is 2.23. The minimum Gasteiger partial charge on any atom is -0.352 e. The Morgan fingerprint density at radius 2 is 1.85 bits per heavy atom. The third-order valence-corrected chi connectivity index (χ3v) is 5.36. The summed E-state index contributed by atoms with van der Waals surface area (Å²) in [7, 11) is 0. The lowest BCUT2D eigenvalue weighted by Gasteiger charge is -2.35. The van der Waals surface area contributed by atoms with Crippen molar-refractivity contribution in [2.75, 3.05) is 31.1 Å². The van der Waals surface area contributed by atoms with E-state index in [0.717, 1.165) is 49.0 Å². The van der Waals surface area contributed by atoms with E-state index in [1.165, 1.54) is 6.33 Å². The number of hydrogen-bond acceptors (Lipinski definition) is 6. The number of rotatable bonds is 4. The minimum atomic E-state index is -0.345. The standard InChI is InChI=1S/C19H20FN5S/c1-14-23-16(12-26-14)11-24-7-9-25(10-8-24)19-17(20)18(21-13-22-19)15-5-3-2-4-6-15/h2-6,12-13H,7-11H2,1H3. The van der Waals surface area contributed by atoms with E-state index in [1.807, 2.05) is 42.2 Å². The lowest BCUT2D eigenvalue weighted by Crippen LogP contribution is -2.46. The lowest BCUT2D eigenvalue weighted by molar-refractivity contribution is 0.246. The molecule has 1 aromatic carbocycles. The van der Waals surface area contributed by atoms with Crippen LogP contribution in [0.5, 0.6) is 0 Å². The number of hydrogen-bond donors (Lipinski definition) is 0. The number of benzene rings is 1. The molecule has 0 bridgehead atoms. The number of aryl methyl sites for hydroxylation is 1. The zero-order chi connectivity index (χ0) is 17.9. The number of thiazole rings is 1. The molecule has 1 saturated heterocycles. The van der Waals surface area contributed by atoms with E-state index in [4.69, 9.17) is 0 Å². The molecule has 4 rings (SSSR count). The van der Waals surface area contributed by atoms with Gasteiger partial charge in [-0.3, -0.25) is 4.90 Å². The van der Waals surface area contributed by atoms with Crippen LogP contribution in [0.1, 0.15) is 10.7 Å². The van der Waals surface area contributed by atoms with Crippen LogP contribution in [0.3, 0.4) is 0 Å². The second-order valence-electron chi connectivity index (χ2n) is 6.35. The molecule has 134 valence electrons. The third kappa shape index (κ3) is 3.59. The van der Waals surface area contributed by atoms with Crippen molar-refractivity contribution in [1.82, 2.24) is 19.9 Å². The van der Waals surface area contributed by atoms with Gasteiger partial charge in [-0.05, 0) is 6.92 Å². The van der Waals surface area contributed by atoms with Gasteiger partial charge in [0.15, 0.2) is 11.6 Å². The molecular formula is C19H20FN5S. The first-order chi connectivity index (χ1) is 12.7. The normalized spacial score (nSPS) is 15.4. The molecule has 1 aliphatic rings. The maximum Gasteiger partial charge on any atom is 0.191 e. The predicted octanol–water partition coefficient (Wildman–Crippen LogP) is 3.37. The third-order valence-electron chi connectivity index (χ3n) is 4.54. The van der Waals surface area contributed by atoms with Crippen molar-refractivity contribution in [1.29, 1.82) is 0 Å². The number of nitrogens with zero attached hydrogens (tertiary/aromatic N) is 5. The maximum atomic E-state index is 15.0. The molecule has 0 atom stereocenters. The number of halogens is 1. The molecule has 1 fully saturated rings. The van der Waals surface area contributed by atoms with Crippen LogP contribution in [-0.4, -0.2) is 46.0 Å². The Balaban J connectivity index is 1.46. The van der Waals surface area contributed by atoms with Gasteiger partial charge in [0.2, 0.25) is 0 Å². The topological polar surface area (TPSA) is 45.2 Å². The van der Waals surface area contributed by atoms with E-state index in [-0.39, 0.29) is 5.82 Å². The highest BCUT2D eigenvalue weighted by atomic mass is 32.1. The quantitative estimate of drug-likeness (QED) is 0.706. The fourth-order valence-electron chi connectivity index (χ4n) is 3.21. The van der Waals surface area contributed by atoms with Crippen LogP contribution in [0.4, 0.5) is 10.2 Å². The highest BCUT2D eigenvalue weighted by Crippen LogP contribution is 2.26. The molecule has 0 unspecified atom stereocenters. The van der Waals surface area contributed by atoms with E-state index in [2.05, 4.69) is 25.2 Å². The van der Waals surface area contributed by atoms with Gasteiger partial charge in [-0.2, -0.15) is 0 Å². The maximum absolute atomic E-state index is 15.0. The predicted molar refractivity (Wildman–Crippen MR) is 102 cm³/mol. The average Bonchev–Trinajstić information content (AvgIpc) is 3.08. The van der Waals surface area contributed by atoms with Crippen LogP contribution >= 0.6 is 11.3 Å². The van der Waals surface area contributed by atoms with Gasteiger partial charge in [0.05, 0.1) is 10.7 Å². The first-order valence-electron chi connectivity index (χ1n) is 8.65. The minimum absolute atomic E-state index is 0.345. The summed E-state index contributed by atoms with van der Waals surface area (Å²) in [5, 5.41) is 3.20. The first-order valence-corrected chi connectivity index (χ1v) is 9.53. The largest absolute Gasteiger partial charge is 0.352 e. The van der Waals surface area contributed by atoms with E-state index < -0.39 is 0 Å². The van der Waals surface area contributed by atoms with Crippen molar-refractivity contribution in [2.45, 2.75) is 13.5 Å². The summed E-state index contributed by atoms with van der Waals surface area (Å²) in [4.78, 5) is 17.2. The van der Waals surface area contributed by atoms with Crippen molar-refractivity contribution >= 4 is 17.2 Å². The van der Waals surface area contributed by atoms with E-state index >= 15 is 4.39 Å². The van der Waals surface area contributed by atoms with Gasteiger partial charge in [0.25, 0.3) is 0 Å². The molecule has 7 heteroatoms. The van der Waals surface area contributed by atoms with Crippen LogP contribution < -0.4 is 4.90 Å². The van der Waals surface area contributed by atoms with E-state index in [0.29, 0.717) is 11.5 Å². The van der Waals surface area contributed by atoms with Crippen LogP contribution in [0.2, 0.25) is 0 Å². The fraction of sp³-hybridized carbons (Fsp3) is 0.316. The van der Waals surface area contributed by atoms with Crippen molar-refractivity contribution in [3.05, 3.63) is 58.6 Å². The van der Waals surface area contributed by atoms with Gasteiger partial charge in [-0.15, -0.1) is 11.3 Å². The Kier molecular flexibility index (Phi) is 4.90. The van der Waals surface area contributed by atoms with Crippen LogP contribution in [0, 0.1) is 12.7 Å². The van der Waals surface area contributed by atoms with Crippen LogP contribution in [-0.2, 0) is 6.54 Å². The summed E-state index contributed by atoms with van der Waals surface area (Å²) in [6, 6.07) is 9.41.